The van der Waals surface area contributed by atoms with Crippen LogP contribution in [0.15, 0.2) is 47.7 Å². The van der Waals surface area contributed by atoms with Crippen molar-refractivity contribution in [3.05, 3.63) is 48.3 Å². The van der Waals surface area contributed by atoms with Crippen molar-refractivity contribution >= 4 is 11.9 Å². The molecule has 0 spiro atoms. The lowest BCUT2D eigenvalue weighted by molar-refractivity contribution is -0.135. The zero-order valence-corrected chi connectivity index (χ0v) is 18.5. The number of carbonyl (C=O) groups is 1. The predicted molar refractivity (Wildman–Crippen MR) is 123 cm³/mol. The Morgan fingerprint density at radius 3 is 2.74 bits per heavy atom. The maximum Gasteiger partial charge on any atom is 0.225 e. The molecule has 0 bridgehead atoms. The molecule has 1 unspecified atom stereocenters. The summed E-state index contributed by atoms with van der Waals surface area (Å²) in [7, 11) is 1.79. The molecular weight excluding hydrogens is 388 g/mol. The molecule has 7 heteroatoms. The molecule has 1 aliphatic heterocycles. The molecule has 0 radical (unpaired) electrons. The van der Waals surface area contributed by atoms with E-state index in [1.165, 1.54) is 24.8 Å². The highest BCUT2D eigenvalue weighted by atomic mass is 16.2. The summed E-state index contributed by atoms with van der Waals surface area (Å²) in [6.45, 7) is 2.40. The second-order valence-electron chi connectivity index (χ2n) is 8.63. The van der Waals surface area contributed by atoms with E-state index in [0.717, 1.165) is 57.0 Å². The van der Waals surface area contributed by atoms with Gasteiger partial charge in [-0.2, -0.15) is 5.10 Å². The van der Waals surface area contributed by atoms with Crippen molar-refractivity contribution in [2.45, 2.75) is 51.0 Å². The number of hydrogen-bond acceptors (Lipinski definition) is 3. The maximum atomic E-state index is 12.8. The third-order valence-corrected chi connectivity index (χ3v) is 6.38. The van der Waals surface area contributed by atoms with Crippen LogP contribution in [0.25, 0.3) is 5.69 Å². The van der Waals surface area contributed by atoms with Gasteiger partial charge in [-0.15, -0.1) is 0 Å². The minimum absolute atomic E-state index is 0.252. The molecule has 31 heavy (non-hydrogen) atoms. The van der Waals surface area contributed by atoms with E-state index in [1.54, 1.807) is 7.05 Å². The van der Waals surface area contributed by atoms with Crippen LogP contribution in [0.3, 0.4) is 0 Å². The van der Waals surface area contributed by atoms with Crippen molar-refractivity contribution in [1.82, 2.24) is 25.3 Å². The molecule has 1 atom stereocenters. The SMILES string of the molecule is CN=C(NCCc1cnn(-c2ccccc2)c1)NC1CCN(C(=O)C2CCCCC2)C1. The molecule has 166 valence electrons. The van der Waals surface area contributed by atoms with Gasteiger partial charge in [0.05, 0.1) is 11.9 Å². The molecule has 2 N–H and O–H groups in total. The first kappa shape index (κ1) is 21.4. The lowest BCUT2D eigenvalue weighted by atomic mass is 9.88. The van der Waals surface area contributed by atoms with Gasteiger partial charge in [-0.05, 0) is 43.4 Å². The lowest BCUT2D eigenvalue weighted by Gasteiger charge is -2.26. The van der Waals surface area contributed by atoms with Gasteiger partial charge in [0.25, 0.3) is 0 Å². The fourth-order valence-corrected chi connectivity index (χ4v) is 4.61. The molecule has 2 fully saturated rings. The molecule has 1 amide bonds. The smallest absolute Gasteiger partial charge is 0.225 e. The number of amides is 1. The monoisotopic (exact) mass is 422 g/mol. The van der Waals surface area contributed by atoms with Crippen LogP contribution in [-0.4, -0.2) is 59.3 Å². The van der Waals surface area contributed by atoms with Crippen LogP contribution in [0.1, 0.15) is 44.1 Å². The molecule has 1 aromatic heterocycles. The maximum absolute atomic E-state index is 12.8. The molecule has 1 aromatic carbocycles. The first-order chi connectivity index (χ1) is 15.2. The number of likely N-dealkylation sites (tertiary alicyclic amines) is 1. The summed E-state index contributed by atoms with van der Waals surface area (Å²) in [6, 6.07) is 10.4. The minimum atomic E-state index is 0.252. The van der Waals surface area contributed by atoms with E-state index in [0.29, 0.717) is 5.91 Å². The molecule has 4 rings (SSSR count). The van der Waals surface area contributed by atoms with Crippen LogP contribution in [0.5, 0.6) is 0 Å². The van der Waals surface area contributed by atoms with Gasteiger partial charge < -0.3 is 15.5 Å². The lowest BCUT2D eigenvalue weighted by Crippen LogP contribution is -2.46. The van der Waals surface area contributed by atoms with Gasteiger partial charge in [-0.25, -0.2) is 4.68 Å². The van der Waals surface area contributed by atoms with Gasteiger partial charge in [0.2, 0.25) is 5.91 Å². The predicted octanol–water partition coefficient (Wildman–Crippen LogP) is 2.76. The van der Waals surface area contributed by atoms with E-state index in [9.17, 15) is 4.79 Å². The number of rotatable bonds is 6. The Hall–Kier alpha value is -2.83. The zero-order valence-electron chi connectivity index (χ0n) is 18.5. The highest BCUT2D eigenvalue weighted by molar-refractivity contribution is 5.81. The number of nitrogens with zero attached hydrogens (tertiary/aromatic N) is 4. The van der Waals surface area contributed by atoms with Crippen LogP contribution in [-0.2, 0) is 11.2 Å². The number of nitrogens with one attached hydrogen (secondary N) is 2. The summed E-state index contributed by atoms with van der Waals surface area (Å²) < 4.78 is 1.90. The first-order valence-electron chi connectivity index (χ1n) is 11.6. The molecule has 1 saturated carbocycles. The number of aliphatic imine (C=N–C) groups is 1. The first-order valence-corrected chi connectivity index (χ1v) is 11.6. The number of hydrogen-bond donors (Lipinski definition) is 2. The van der Waals surface area contributed by atoms with Gasteiger partial charge in [0.15, 0.2) is 5.96 Å². The van der Waals surface area contributed by atoms with Crippen LogP contribution < -0.4 is 10.6 Å². The summed E-state index contributed by atoms with van der Waals surface area (Å²) in [5.41, 5.74) is 2.24. The third-order valence-electron chi connectivity index (χ3n) is 6.38. The Labute approximate surface area is 184 Å². The molecular formula is C24H34N6O. The van der Waals surface area contributed by atoms with E-state index < -0.39 is 0 Å². The second kappa shape index (κ2) is 10.5. The van der Waals surface area contributed by atoms with Crippen molar-refractivity contribution < 1.29 is 4.79 Å². The number of aromatic nitrogens is 2. The summed E-state index contributed by atoms with van der Waals surface area (Å²) in [4.78, 5) is 19.2. The Bertz CT molecular complexity index is 871. The van der Waals surface area contributed by atoms with E-state index in [2.05, 4.69) is 31.8 Å². The summed E-state index contributed by atoms with van der Waals surface area (Å²) >= 11 is 0. The fourth-order valence-electron chi connectivity index (χ4n) is 4.61. The molecule has 2 aliphatic rings. The van der Waals surface area contributed by atoms with Crippen LogP contribution >= 0.6 is 0 Å². The largest absolute Gasteiger partial charge is 0.356 e. The average Bonchev–Trinajstić information content (AvgIpc) is 3.49. The standard InChI is InChI=1S/C24H34N6O/c1-25-24(26-14-12-19-16-27-30(17-19)22-10-6-3-7-11-22)28-21-13-15-29(18-21)23(31)20-8-4-2-5-9-20/h3,6-7,10-11,16-17,20-21H,2,4-5,8-9,12-15,18H2,1H3,(H2,25,26,28). The van der Waals surface area contributed by atoms with Gasteiger partial charge in [-0.3, -0.25) is 9.79 Å². The Balaban J connectivity index is 1.21. The molecule has 2 aromatic rings. The second-order valence-corrected chi connectivity index (χ2v) is 8.63. The molecule has 7 nitrogen and oxygen atoms in total. The van der Waals surface area contributed by atoms with E-state index in [4.69, 9.17) is 0 Å². The van der Waals surface area contributed by atoms with E-state index >= 15 is 0 Å². The minimum Gasteiger partial charge on any atom is -0.356 e. The number of carbonyl (C=O) groups excluding carboxylic acids is 1. The van der Waals surface area contributed by atoms with Crippen molar-refractivity contribution in [3.63, 3.8) is 0 Å². The van der Waals surface area contributed by atoms with Crippen LogP contribution in [0, 0.1) is 5.92 Å². The highest BCUT2D eigenvalue weighted by Crippen LogP contribution is 2.26. The number of guanidine groups is 1. The normalized spacial score (nSPS) is 20.1. The van der Waals surface area contributed by atoms with E-state index in [-0.39, 0.29) is 12.0 Å². The van der Waals surface area contributed by atoms with Gasteiger partial charge in [0, 0.05) is 44.8 Å². The highest BCUT2D eigenvalue weighted by Gasteiger charge is 2.31. The van der Waals surface area contributed by atoms with Crippen molar-refractivity contribution in [1.29, 1.82) is 0 Å². The Kier molecular flexibility index (Phi) is 7.22. The molecule has 1 aliphatic carbocycles. The summed E-state index contributed by atoms with van der Waals surface area (Å²) in [6.07, 6.45) is 11.6. The topological polar surface area (TPSA) is 74.6 Å². The third kappa shape index (κ3) is 5.66. The number of para-hydroxylation sites is 1. The summed E-state index contributed by atoms with van der Waals surface area (Å²) in [5, 5.41) is 11.4. The van der Waals surface area contributed by atoms with Gasteiger partial charge >= 0.3 is 0 Å². The zero-order chi connectivity index (χ0) is 21.5. The molecule has 2 heterocycles. The Morgan fingerprint density at radius 2 is 1.97 bits per heavy atom. The van der Waals surface area contributed by atoms with E-state index in [1.807, 2.05) is 41.2 Å². The number of benzene rings is 1. The molecule has 1 saturated heterocycles. The average molecular weight is 423 g/mol. The quantitative estimate of drug-likeness (QED) is 0.555. The van der Waals surface area contributed by atoms with Crippen LogP contribution in [0.2, 0.25) is 0 Å². The van der Waals surface area contributed by atoms with Gasteiger partial charge in [-0.1, -0.05) is 37.5 Å². The summed E-state index contributed by atoms with van der Waals surface area (Å²) in [5.74, 6) is 1.41. The van der Waals surface area contributed by atoms with Crippen molar-refractivity contribution in [2.24, 2.45) is 10.9 Å². The van der Waals surface area contributed by atoms with Crippen molar-refractivity contribution in [2.75, 3.05) is 26.7 Å². The fraction of sp³-hybridized carbons (Fsp3) is 0.542. The Morgan fingerprint density at radius 1 is 1.16 bits per heavy atom. The van der Waals surface area contributed by atoms with Crippen molar-refractivity contribution in [3.8, 4) is 5.69 Å². The van der Waals surface area contributed by atoms with Crippen LogP contribution in [0.4, 0.5) is 0 Å². The van der Waals surface area contributed by atoms with Gasteiger partial charge in [0.1, 0.15) is 0 Å².